The SMILES string of the molecule is CCCCCc1cc(C(C)=O)cc2c1C(C)(C)CC2. The Kier molecular flexibility index (Phi) is 4.13. The Morgan fingerprint density at radius 3 is 2.63 bits per heavy atom. The summed E-state index contributed by atoms with van der Waals surface area (Å²) in [4.78, 5) is 11.7. The van der Waals surface area contributed by atoms with Crippen molar-refractivity contribution in [3.63, 3.8) is 0 Å². The summed E-state index contributed by atoms with van der Waals surface area (Å²) in [7, 11) is 0. The number of benzene rings is 1. The molecule has 0 heterocycles. The van der Waals surface area contributed by atoms with Crippen LogP contribution >= 0.6 is 0 Å². The average Bonchev–Trinajstić information content (AvgIpc) is 2.65. The molecule has 0 aromatic heterocycles. The average molecular weight is 258 g/mol. The lowest BCUT2D eigenvalue weighted by atomic mass is 9.81. The number of rotatable bonds is 5. The highest BCUT2D eigenvalue weighted by molar-refractivity contribution is 5.94. The molecule has 0 unspecified atom stereocenters. The van der Waals surface area contributed by atoms with Crippen molar-refractivity contribution in [3.8, 4) is 0 Å². The fraction of sp³-hybridized carbons (Fsp3) is 0.611. The summed E-state index contributed by atoms with van der Waals surface area (Å²) in [5, 5.41) is 0. The van der Waals surface area contributed by atoms with Crippen LogP contribution in [-0.4, -0.2) is 5.78 Å². The molecule has 0 N–H and O–H groups in total. The number of hydrogen-bond donors (Lipinski definition) is 0. The van der Waals surface area contributed by atoms with E-state index >= 15 is 0 Å². The van der Waals surface area contributed by atoms with E-state index in [9.17, 15) is 4.79 Å². The lowest BCUT2D eigenvalue weighted by Crippen LogP contribution is -2.15. The molecule has 1 aliphatic rings. The molecule has 0 saturated heterocycles. The van der Waals surface area contributed by atoms with Crippen molar-refractivity contribution < 1.29 is 4.79 Å². The van der Waals surface area contributed by atoms with E-state index in [4.69, 9.17) is 0 Å². The number of carbonyl (C=O) groups excluding carboxylic acids is 1. The molecular formula is C18H26O. The van der Waals surface area contributed by atoms with E-state index in [0.717, 1.165) is 18.4 Å². The molecule has 19 heavy (non-hydrogen) atoms. The van der Waals surface area contributed by atoms with Crippen LogP contribution in [0.1, 0.15) is 80.4 Å². The Hall–Kier alpha value is -1.11. The highest BCUT2D eigenvalue weighted by atomic mass is 16.1. The molecule has 0 saturated carbocycles. The van der Waals surface area contributed by atoms with Crippen molar-refractivity contribution in [1.29, 1.82) is 0 Å². The normalized spacial score (nSPS) is 16.4. The van der Waals surface area contributed by atoms with Gasteiger partial charge in [0.05, 0.1) is 0 Å². The van der Waals surface area contributed by atoms with E-state index in [2.05, 4.69) is 32.9 Å². The van der Waals surface area contributed by atoms with Gasteiger partial charge in [-0.15, -0.1) is 0 Å². The van der Waals surface area contributed by atoms with E-state index in [0.29, 0.717) is 0 Å². The molecule has 0 aliphatic heterocycles. The van der Waals surface area contributed by atoms with Gasteiger partial charge in [-0.1, -0.05) is 33.6 Å². The highest BCUT2D eigenvalue weighted by Crippen LogP contribution is 2.41. The molecule has 0 fully saturated rings. The van der Waals surface area contributed by atoms with Crippen molar-refractivity contribution in [1.82, 2.24) is 0 Å². The van der Waals surface area contributed by atoms with Crippen LogP contribution in [0.25, 0.3) is 0 Å². The fourth-order valence-corrected chi connectivity index (χ4v) is 3.37. The van der Waals surface area contributed by atoms with Crippen LogP contribution < -0.4 is 0 Å². The third-order valence-electron chi connectivity index (χ3n) is 4.45. The first-order chi connectivity index (χ1) is 8.95. The molecule has 0 spiro atoms. The minimum atomic E-state index is 0.198. The van der Waals surface area contributed by atoms with Gasteiger partial charge in [0.2, 0.25) is 0 Å². The zero-order valence-corrected chi connectivity index (χ0v) is 12.8. The van der Waals surface area contributed by atoms with Crippen LogP contribution in [0.2, 0.25) is 0 Å². The second kappa shape index (κ2) is 5.48. The van der Waals surface area contributed by atoms with Crippen LogP contribution in [0.15, 0.2) is 12.1 Å². The molecule has 2 rings (SSSR count). The maximum atomic E-state index is 11.7. The second-order valence-electron chi connectivity index (χ2n) is 6.57. The van der Waals surface area contributed by atoms with Gasteiger partial charge in [0.25, 0.3) is 0 Å². The summed E-state index contributed by atoms with van der Waals surface area (Å²) in [6.07, 6.45) is 7.23. The van der Waals surface area contributed by atoms with Crippen molar-refractivity contribution in [2.75, 3.05) is 0 Å². The monoisotopic (exact) mass is 258 g/mol. The number of ketones is 1. The van der Waals surface area contributed by atoms with Crippen LogP contribution in [-0.2, 0) is 18.3 Å². The number of hydrogen-bond acceptors (Lipinski definition) is 1. The van der Waals surface area contributed by atoms with Crippen molar-refractivity contribution >= 4 is 5.78 Å². The lowest BCUT2D eigenvalue weighted by molar-refractivity contribution is 0.101. The summed E-state index contributed by atoms with van der Waals surface area (Å²) in [5.74, 6) is 0.198. The predicted molar refractivity (Wildman–Crippen MR) is 81.0 cm³/mol. The first kappa shape index (κ1) is 14.3. The zero-order valence-electron chi connectivity index (χ0n) is 12.8. The predicted octanol–water partition coefficient (Wildman–Crippen LogP) is 4.85. The summed E-state index contributed by atoms with van der Waals surface area (Å²) in [6, 6.07) is 4.29. The van der Waals surface area contributed by atoms with Gasteiger partial charge in [-0.25, -0.2) is 0 Å². The molecule has 1 heteroatoms. The van der Waals surface area contributed by atoms with Gasteiger partial charge in [-0.2, -0.15) is 0 Å². The van der Waals surface area contributed by atoms with Gasteiger partial charge in [0.15, 0.2) is 5.78 Å². The first-order valence-corrected chi connectivity index (χ1v) is 7.63. The van der Waals surface area contributed by atoms with Crippen LogP contribution in [0, 0.1) is 0 Å². The van der Waals surface area contributed by atoms with Crippen molar-refractivity contribution in [2.24, 2.45) is 0 Å². The van der Waals surface area contributed by atoms with Gasteiger partial charge in [0, 0.05) is 5.56 Å². The Bertz CT molecular complexity index is 483. The molecule has 1 aromatic carbocycles. The third-order valence-corrected chi connectivity index (χ3v) is 4.45. The van der Waals surface area contributed by atoms with E-state index in [-0.39, 0.29) is 11.2 Å². The quantitative estimate of drug-likeness (QED) is 0.545. The van der Waals surface area contributed by atoms with Crippen molar-refractivity contribution in [3.05, 3.63) is 34.4 Å². The van der Waals surface area contributed by atoms with Gasteiger partial charge >= 0.3 is 0 Å². The molecule has 0 radical (unpaired) electrons. The Balaban J connectivity index is 2.40. The van der Waals surface area contributed by atoms with Gasteiger partial charge in [-0.05, 0) is 66.8 Å². The van der Waals surface area contributed by atoms with E-state index in [1.54, 1.807) is 6.92 Å². The Morgan fingerprint density at radius 2 is 2.00 bits per heavy atom. The summed E-state index contributed by atoms with van der Waals surface area (Å²) in [6.45, 7) is 8.60. The number of Topliss-reactive ketones (excluding diaryl/α,β-unsaturated/α-hetero) is 1. The van der Waals surface area contributed by atoms with Crippen LogP contribution in [0.5, 0.6) is 0 Å². The van der Waals surface area contributed by atoms with Gasteiger partial charge in [-0.3, -0.25) is 4.79 Å². The van der Waals surface area contributed by atoms with Gasteiger partial charge < -0.3 is 0 Å². The number of fused-ring (bicyclic) bond motifs is 1. The molecule has 1 aliphatic carbocycles. The van der Waals surface area contributed by atoms with E-state index < -0.39 is 0 Å². The van der Waals surface area contributed by atoms with Crippen molar-refractivity contribution in [2.45, 2.75) is 71.6 Å². The Morgan fingerprint density at radius 1 is 1.26 bits per heavy atom. The molecule has 1 nitrogen and oxygen atoms in total. The zero-order chi connectivity index (χ0) is 14.0. The highest BCUT2D eigenvalue weighted by Gasteiger charge is 2.32. The van der Waals surface area contributed by atoms with Gasteiger partial charge in [0.1, 0.15) is 0 Å². The molecule has 0 atom stereocenters. The topological polar surface area (TPSA) is 17.1 Å². The second-order valence-corrected chi connectivity index (χ2v) is 6.57. The van der Waals surface area contributed by atoms with E-state index in [1.165, 1.54) is 42.4 Å². The summed E-state index contributed by atoms with van der Waals surface area (Å²) >= 11 is 0. The van der Waals surface area contributed by atoms with Crippen LogP contribution in [0.4, 0.5) is 0 Å². The minimum Gasteiger partial charge on any atom is -0.295 e. The first-order valence-electron chi connectivity index (χ1n) is 7.63. The summed E-state index contributed by atoms with van der Waals surface area (Å²) in [5.41, 5.74) is 5.58. The standard InChI is InChI=1S/C18H26O/c1-5-6-7-8-14-11-16(13(2)19)12-15-9-10-18(3,4)17(14)15/h11-12H,5-10H2,1-4H3. The third kappa shape index (κ3) is 2.91. The summed E-state index contributed by atoms with van der Waals surface area (Å²) < 4.78 is 0. The lowest BCUT2D eigenvalue weighted by Gasteiger charge is -2.23. The number of carbonyl (C=O) groups is 1. The molecule has 0 amide bonds. The fourth-order valence-electron chi connectivity index (χ4n) is 3.37. The molecule has 0 bridgehead atoms. The largest absolute Gasteiger partial charge is 0.295 e. The minimum absolute atomic E-state index is 0.198. The maximum Gasteiger partial charge on any atom is 0.159 e. The van der Waals surface area contributed by atoms with Crippen LogP contribution in [0.3, 0.4) is 0 Å². The molecular weight excluding hydrogens is 232 g/mol. The number of aryl methyl sites for hydroxylation is 2. The number of unbranched alkanes of at least 4 members (excludes halogenated alkanes) is 2. The van der Waals surface area contributed by atoms with E-state index in [1.807, 2.05) is 0 Å². The molecule has 104 valence electrons. The molecule has 1 aromatic rings. The smallest absolute Gasteiger partial charge is 0.159 e. The Labute approximate surface area is 117 Å². The maximum absolute atomic E-state index is 11.7.